The second-order valence-corrected chi connectivity index (χ2v) is 6.42. The molecule has 0 amide bonds. The lowest BCUT2D eigenvalue weighted by Crippen LogP contribution is -2.43. The van der Waals surface area contributed by atoms with Gasteiger partial charge in [0.05, 0.1) is 0 Å². The minimum Gasteiger partial charge on any atom is -0.308 e. The molecule has 0 saturated carbocycles. The van der Waals surface area contributed by atoms with Crippen LogP contribution in [-0.4, -0.2) is 24.5 Å². The van der Waals surface area contributed by atoms with Crippen LogP contribution in [0.5, 0.6) is 0 Å². The second-order valence-electron chi connectivity index (χ2n) is 6.42. The molecule has 0 fully saturated rings. The normalized spacial score (nSPS) is 17.5. The molecular formula is C20H26N2. The van der Waals surface area contributed by atoms with E-state index in [1.54, 1.807) is 0 Å². The van der Waals surface area contributed by atoms with Gasteiger partial charge in [-0.2, -0.15) is 0 Å². The Balaban J connectivity index is 1.55. The van der Waals surface area contributed by atoms with Gasteiger partial charge in [-0.15, -0.1) is 0 Å². The van der Waals surface area contributed by atoms with Crippen LogP contribution >= 0.6 is 0 Å². The van der Waals surface area contributed by atoms with Crippen molar-refractivity contribution in [1.29, 1.82) is 0 Å². The van der Waals surface area contributed by atoms with Crippen molar-refractivity contribution in [2.45, 2.75) is 38.9 Å². The molecular weight excluding hydrogens is 268 g/mol. The maximum atomic E-state index is 3.67. The molecule has 0 aliphatic carbocycles. The van der Waals surface area contributed by atoms with Gasteiger partial charge in [-0.05, 0) is 42.1 Å². The van der Waals surface area contributed by atoms with Crippen LogP contribution in [0.2, 0.25) is 0 Å². The molecule has 0 radical (unpaired) electrons. The maximum Gasteiger partial charge on any atom is 0.0238 e. The largest absolute Gasteiger partial charge is 0.308 e. The quantitative estimate of drug-likeness (QED) is 0.909. The predicted molar refractivity (Wildman–Crippen MR) is 92.9 cm³/mol. The number of hydrogen-bond acceptors (Lipinski definition) is 2. The molecule has 22 heavy (non-hydrogen) atoms. The van der Waals surface area contributed by atoms with Crippen molar-refractivity contribution in [3.05, 3.63) is 70.8 Å². The second kappa shape index (κ2) is 7.08. The highest BCUT2D eigenvalue weighted by Gasteiger charge is 2.18. The molecule has 1 aliphatic heterocycles. The van der Waals surface area contributed by atoms with Crippen molar-refractivity contribution in [1.82, 2.24) is 10.2 Å². The third-order valence-corrected chi connectivity index (χ3v) is 4.58. The van der Waals surface area contributed by atoms with E-state index in [1.807, 2.05) is 0 Å². The van der Waals surface area contributed by atoms with Crippen molar-refractivity contribution in [3.63, 3.8) is 0 Å². The lowest BCUT2D eigenvalue weighted by molar-refractivity contribution is 0.274. The van der Waals surface area contributed by atoms with Crippen LogP contribution in [0.1, 0.15) is 29.2 Å². The van der Waals surface area contributed by atoms with Gasteiger partial charge in [-0.3, -0.25) is 0 Å². The molecule has 3 rings (SSSR count). The molecule has 0 bridgehead atoms. The zero-order valence-corrected chi connectivity index (χ0v) is 13.7. The maximum absolute atomic E-state index is 3.67. The Hall–Kier alpha value is -1.64. The van der Waals surface area contributed by atoms with E-state index >= 15 is 0 Å². The smallest absolute Gasteiger partial charge is 0.0238 e. The molecule has 2 heteroatoms. The number of likely N-dealkylation sites (N-methyl/N-ethyl adjacent to an activating group) is 1. The van der Waals surface area contributed by atoms with E-state index in [9.17, 15) is 0 Å². The zero-order valence-electron chi connectivity index (χ0n) is 13.7. The van der Waals surface area contributed by atoms with Gasteiger partial charge in [-0.25, -0.2) is 0 Å². The van der Waals surface area contributed by atoms with Gasteiger partial charge in [-0.1, -0.05) is 55.5 Å². The molecule has 116 valence electrons. The first kappa shape index (κ1) is 15.3. The van der Waals surface area contributed by atoms with Crippen molar-refractivity contribution in [3.8, 4) is 0 Å². The Kier molecular flexibility index (Phi) is 4.91. The standard InChI is InChI=1S/C20H26N2/c1-3-16-8-10-17(11-9-16)14-22(2)15-20-12-18-6-4-5-7-19(18)13-21-20/h4-11,20-21H,3,12-15H2,1-2H3. The molecule has 0 aromatic heterocycles. The van der Waals surface area contributed by atoms with E-state index in [2.05, 4.69) is 72.7 Å². The summed E-state index contributed by atoms with van der Waals surface area (Å²) in [5, 5.41) is 3.67. The summed E-state index contributed by atoms with van der Waals surface area (Å²) < 4.78 is 0. The van der Waals surface area contributed by atoms with E-state index < -0.39 is 0 Å². The van der Waals surface area contributed by atoms with Crippen molar-refractivity contribution >= 4 is 0 Å². The minimum absolute atomic E-state index is 0.551. The van der Waals surface area contributed by atoms with E-state index in [4.69, 9.17) is 0 Å². The highest BCUT2D eigenvalue weighted by atomic mass is 15.1. The Morgan fingerprint density at radius 2 is 1.68 bits per heavy atom. The average molecular weight is 294 g/mol. The lowest BCUT2D eigenvalue weighted by atomic mass is 9.95. The van der Waals surface area contributed by atoms with Gasteiger partial charge < -0.3 is 10.2 Å². The van der Waals surface area contributed by atoms with Crippen LogP contribution in [-0.2, 0) is 25.9 Å². The fourth-order valence-corrected chi connectivity index (χ4v) is 3.28. The summed E-state index contributed by atoms with van der Waals surface area (Å²) in [6.45, 7) is 5.31. The first-order valence-electron chi connectivity index (χ1n) is 8.31. The minimum atomic E-state index is 0.551. The highest BCUT2D eigenvalue weighted by Crippen LogP contribution is 2.17. The Morgan fingerprint density at radius 3 is 2.41 bits per heavy atom. The van der Waals surface area contributed by atoms with Crippen LogP contribution in [0.25, 0.3) is 0 Å². The molecule has 1 unspecified atom stereocenters. The van der Waals surface area contributed by atoms with Gasteiger partial charge >= 0.3 is 0 Å². The van der Waals surface area contributed by atoms with E-state index in [-0.39, 0.29) is 0 Å². The van der Waals surface area contributed by atoms with Crippen molar-refractivity contribution < 1.29 is 0 Å². The molecule has 2 aromatic carbocycles. The first-order valence-corrected chi connectivity index (χ1v) is 8.31. The predicted octanol–water partition coefficient (Wildman–Crippen LogP) is 3.40. The van der Waals surface area contributed by atoms with Crippen LogP contribution in [0.15, 0.2) is 48.5 Å². The number of benzene rings is 2. The number of rotatable bonds is 5. The third kappa shape index (κ3) is 3.76. The van der Waals surface area contributed by atoms with E-state index in [1.165, 1.54) is 22.3 Å². The number of aryl methyl sites for hydroxylation is 1. The number of nitrogens with zero attached hydrogens (tertiary/aromatic N) is 1. The van der Waals surface area contributed by atoms with Crippen LogP contribution in [0.3, 0.4) is 0 Å². The summed E-state index contributed by atoms with van der Waals surface area (Å²) >= 11 is 0. The van der Waals surface area contributed by atoms with E-state index in [0.717, 1.165) is 32.5 Å². The Labute approximate surface area is 134 Å². The summed E-state index contributed by atoms with van der Waals surface area (Å²) in [6.07, 6.45) is 2.25. The molecule has 0 spiro atoms. The summed E-state index contributed by atoms with van der Waals surface area (Å²) in [4.78, 5) is 2.42. The van der Waals surface area contributed by atoms with Crippen LogP contribution in [0.4, 0.5) is 0 Å². The summed E-state index contributed by atoms with van der Waals surface area (Å²) in [5.74, 6) is 0. The van der Waals surface area contributed by atoms with Crippen LogP contribution in [0, 0.1) is 0 Å². The topological polar surface area (TPSA) is 15.3 Å². The average Bonchev–Trinajstić information content (AvgIpc) is 2.55. The fourth-order valence-electron chi connectivity index (χ4n) is 3.28. The Morgan fingerprint density at radius 1 is 1.00 bits per heavy atom. The molecule has 2 nitrogen and oxygen atoms in total. The molecule has 1 N–H and O–H groups in total. The van der Waals surface area contributed by atoms with Gasteiger partial charge in [0.1, 0.15) is 0 Å². The molecule has 0 saturated heterocycles. The summed E-state index contributed by atoms with van der Waals surface area (Å²) in [7, 11) is 2.22. The zero-order chi connectivity index (χ0) is 15.4. The molecule has 1 atom stereocenters. The van der Waals surface area contributed by atoms with E-state index in [0.29, 0.717) is 6.04 Å². The van der Waals surface area contributed by atoms with Crippen LogP contribution < -0.4 is 5.32 Å². The highest BCUT2D eigenvalue weighted by molar-refractivity contribution is 5.30. The van der Waals surface area contributed by atoms with Gasteiger partial charge in [0.15, 0.2) is 0 Å². The lowest BCUT2D eigenvalue weighted by Gasteiger charge is -2.30. The van der Waals surface area contributed by atoms with Gasteiger partial charge in [0.25, 0.3) is 0 Å². The summed E-state index contributed by atoms with van der Waals surface area (Å²) in [6, 6.07) is 18.4. The SMILES string of the molecule is CCc1ccc(CN(C)CC2Cc3ccccc3CN2)cc1. The third-order valence-electron chi connectivity index (χ3n) is 4.58. The molecule has 2 aromatic rings. The van der Waals surface area contributed by atoms with Gasteiger partial charge in [0.2, 0.25) is 0 Å². The molecule has 1 heterocycles. The van der Waals surface area contributed by atoms with Crippen molar-refractivity contribution in [2.24, 2.45) is 0 Å². The van der Waals surface area contributed by atoms with Gasteiger partial charge in [0, 0.05) is 25.7 Å². The number of fused-ring (bicyclic) bond motifs is 1. The first-order chi connectivity index (χ1) is 10.7. The fraction of sp³-hybridized carbons (Fsp3) is 0.400. The Bertz CT molecular complexity index is 603. The van der Waals surface area contributed by atoms with Crippen molar-refractivity contribution in [2.75, 3.05) is 13.6 Å². The molecule has 1 aliphatic rings. The summed E-state index contributed by atoms with van der Waals surface area (Å²) in [5.41, 5.74) is 5.77. The monoisotopic (exact) mass is 294 g/mol. The number of nitrogens with one attached hydrogen (secondary N) is 1. The number of hydrogen-bond donors (Lipinski definition) is 1.